The van der Waals surface area contributed by atoms with Crippen molar-refractivity contribution in [3.05, 3.63) is 57.0 Å². The fourth-order valence-electron chi connectivity index (χ4n) is 2.44. The lowest BCUT2D eigenvalue weighted by atomic mass is 10.1. The number of carbonyl (C=O) groups excluding carboxylic acids is 1. The van der Waals surface area contributed by atoms with Crippen LogP contribution in [-0.4, -0.2) is 28.5 Å². The standard InChI is InChI=1S/C21H24ClN3O5/c1-5-28-20(27)16(10-23)29-12-14-6-8-15(9-7-14)13-30-17-11-24-25(21(2,3)4)19(26)18(17)22/h6-9,11,16H,5,12-13H2,1-4H3. The van der Waals surface area contributed by atoms with Crippen molar-refractivity contribution < 1.29 is 19.0 Å². The third-order valence-corrected chi connectivity index (χ3v) is 4.32. The third-order valence-electron chi connectivity index (χ3n) is 3.97. The predicted molar refractivity (Wildman–Crippen MR) is 110 cm³/mol. The van der Waals surface area contributed by atoms with E-state index in [1.54, 1.807) is 25.1 Å². The zero-order valence-corrected chi connectivity index (χ0v) is 18.1. The maximum absolute atomic E-state index is 12.4. The number of halogens is 1. The second kappa shape index (κ2) is 10.2. The van der Waals surface area contributed by atoms with E-state index in [2.05, 4.69) is 5.10 Å². The van der Waals surface area contributed by atoms with Gasteiger partial charge in [0.15, 0.2) is 10.8 Å². The first kappa shape index (κ1) is 23.4. The Hall–Kier alpha value is -2.89. The van der Waals surface area contributed by atoms with Gasteiger partial charge in [-0.25, -0.2) is 9.48 Å². The quantitative estimate of drug-likeness (QED) is 0.588. The molecule has 0 bridgehead atoms. The molecule has 0 aliphatic rings. The molecule has 30 heavy (non-hydrogen) atoms. The Morgan fingerprint density at radius 3 is 2.37 bits per heavy atom. The number of aromatic nitrogens is 2. The summed E-state index contributed by atoms with van der Waals surface area (Å²) in [7, 11) is 0. The van der Waals surface area contributed by atoms with E-state index < -0.39 is 23.2 Å². The molecule has 0 saturated carbocycles. The molecule has 0 aliphatic carbocycles. The minimum Gasteiger partial charge on any atom is -0.485 e. The smallest absolute Gasteiger partial charge is 0.350 e. The van der Waals surface area contributed by atoms with Crippen LogP contribution < -0.4 is 10.3 Å². The summed E-state index contributed by atoms with van der Waals surface area (Å²) in [6, 6.07) is 8.96. The number of hydrogen-bond acceptors (Lipinski definition) is 7. The fourth-order valence-corrected chi connectivity index (χ4v) is 2.63. The molecule has 0 amide bonds. The largest absolute Gasteiger partial charge is 0.485 e. The molecular weight excluding hydrogens is 410 g/mol. The SMILES string of the molecule is CCOC(=O)C(C#N)OCc1ccc(COc2cnn(C(C)(C)C)c(=O)c2Cl)cc1. The lowest BCUT2D eigenvalue weighted by molar-refractivity contribution is -0.153. The Bertz CT molecular complexity index is 974. The van der Waals surface area contributed by atoms with Gasteiger partial charge in [-0.2, -0.15) is 10.4 Å². The van der Waals surface area contributed by atoms with Crippen LogP contribution >= 0.6 is 11.6 Å². The average Bonchev–Trinajstić information content (AvgIpc) is 2.69. The predicted octanol–water partition coefficient (Wildman–Crippen LogP) is 3.20. The Morgan fingerprint density at radius 1 is 1.23 bits per heavy atom. The van der Waals surface area contributed by atoms with Gasteiger partial charge in [0, 0.05) is 0 Å². The zero-order chi connectivity index (χ0) is 22.3. The van der Waals surface area contributed by atoms with E-state index in [1.165, 1.54) is 10.9 Å². The van der Waals surface area contributed by atoms with E-state index in [9.17, 15) is 9.59 Å². The second-order valence-corrected chi connectivity index (χ2v) is 7.77. The maximum atomic E-state index is 12.4. The molecule has 1 aromatic heterocycles. The molecule has 9 heteroatoms. The van der Waals surface area contributed by atoms with E-state index in [1.807, 2.05) is 32.9 Å². The summed E-state index contributed by atoms with van der Waals surface area (Å²) in [6.07, 6.45) is 0.159. The van der Waals surface area contributed by atoms with Gasteiger partial charge < -0.3 is 14.2 Å². The number of rotatable bonds is 8. The van der Waals surface area contributed by atoms with Crippen LogP contribution in [0.1, 0.15) is 38.8 Å². The van der Waals surface area contributed by atoms with Gasteiger partial charge in [0.05, 0.1) is 24.9 Å². The molecule has 1 heterocycles. The molecule has 0 spiro atoms. The molecule has 0 fully saturated rings. The monoisotopic (exact) mass is 433 g/mol. The second-order valence-electron chi connectivity index (χ2n) is 7.39. The Labute approximate surface area is 179 Å². The van der Waals surface area contributed by atoms with Crippen molar-refractivity contribution in [3.63, 3.8) is 0 Å². The first-order valence-electron chi connectivity index (χ1n) is 9.34. The van der Waals surface area contributed by atoms with Crippen molar-refractivity contribution in [3.8, 4) is 11.8 Å². The van der Waals surface area contributed by atoms with Crippen molar-refractivity contribution in [1.29, 1.82) is 5.26 Å². The van der Waals surface area contributed by atoms with Gasteiger partial charge in [0.1, 0.15) is 12.7 Å². The lowest BCUT2D eigenvalue weighted by Gasteiger charge is -2.21. The van der Waals surface area contributed by atoms with Crippen molar-refractivity contribution in [1.82, 2.24) is 9.78 Å². The molecule has 1 atom stereocenters. The van der Waals surface area contributed by atoms with Crippen LogP contribution in [-0.2, 0) is 33.0 Å². The fraction of sp³-hybridized carbons (Fsp3) is 0.429. The molecule has 2 aromatic rings. The van der Waals surface area contributed by atoms with Crippen LogP contribution in [0.3, 0.4) is 0 Å². The van der Waals surface area contributed by atoms with Gasteiger partial charge in [-0.1, -0.05) is 35.9 Å². The minimum absolute atomic E-state index is 0.0218. The molecule has 1 unspecified atom stereocenters. The summed E-state index contributed by atoms with van der Waals surface area (Å²) in [5, 5.41) is 13.1. The van der Waals surface area contributed by atoms with E-state index >= 15 is 0 Å². The van der Waals surface area contributed by atoms with Crippen molar-refractivity contribution in [2.75, 3.05) is 6.61 Å². The number of nitrogens with zero attached hydrogens (tertiary/aromatic N) is 3. The van der Waals surface area contributed by atoms with Crippen LogP contribution in [0.15, 0.2) is 35.3 Å². The molecule has 0 N–H and O–H groups in total. The van der Waals surface area contributed by atoms with Crippen LogP contribution in [0.4, 0.5) is 0 Å². The first-order valence-corrected chi connectivity index (χ1v) is 9.72. The van der Waals surface area contributed by atoms with Gasteiger partial charge in [-0.3, -0.25) is 4.79 Å². The highest BCUT2D eigenvalue weighted by atomic mass is 35.5. The summed E-state index contributed by atoms with van der Waals surface area (Å²) < 4.78 is 17.0. The zero-order valence-electron chi connectivity index (χ0n) is 17.3. The number of esters is 1. The van der Waals surface area contributed by atoms with E-state index in [-0.39, 0.29) is 30.6 Å². The van der Waals surface area contributed by atoms with E-state index in [0.717, 1.165) is 11.1 Å². The van der Waals surface area contributed by atoms with Gasteiger partial charge in [0.25, 0.3) is 5.56 Å². The number of benzene rings is 1. The maximum Gasteiger partial charge on any atom is 0.350 e. The lowest BCUT2D eigenvalue weighted by Crippen LogP contribution is -2.36. The van der Waals surface area contributed by atoms with E-state index in [0.29, 0.717) is 0 Å². The molecule has 0 radical (unpaired) electrons. The Kier molecular flexibility index (Phi) is 7.98. The van der Waals surface area contributed by atoms with Gasteiger partial charge in [-0.05, 0) is 38.8 Å². The summed E-state index contributed by atoms with van der Waals surface area (Å²) >= 11 is 6.15. The molecule has 160 valence electrons. The third kappa shape index (κ3) is 6.05. The minimum atomic E-state index is -1.27. The molecule has 1 aromatic carbocycles. The van der Waals surface area contributed by atoms with Gasteiger partial charge in [0.2, 0.25) is 6.10 Å². The average molecular weight is 434 g/mol. The topological polar surface area (TPSA) is 103 Å². The van der Waals surface area contributed by atoms with Crippen LogP contribution in [0.2, 0.25) is 5.02 Å². The van der Waals surface area contributed by atoms with Crippen LogP contribution in [0, 0.1) is 11.3 Å². The van der Waals surface area contributed by atoms with Crippen molar-refractivity contribution in [2.45, 2.75) is 52.6 Å². The Morgan fingerprint density at radius 2 is 1.83 bits per heavy atom. The van der Waals surface area contributed by atoms with Gasteiger partial charge >= 0.3 is 5.97 Å². The number of carbonyl (C=O) groups is 1. The van der Waals surface area contributed by atoms with Crippen LogP contribution in [0.25, 0.3) is 0 Å². The number of nitriles is 1. The molecule has 0 aliphatic heterocycles. The summed E-state index contributed by atoms with van der Waals surface area (Å²) in [4.78, 5) is 23.9. The summed E-state index contributed by atoms with van der Waals surface area (Å²) in [6.45, 7) is 7.68. The molecule has 2 rings (SSSR count). The number of ether oxygens (including phenoxy) is 3. The van der Waals surface area contributed by atoms with E-state index in [4.69, 9.17) is 31.1 Å². The molecule has 0 saturated heterocycles. The first-order chi connectivity index (χ1) is 14.2. The van der Waals surface area contributed by atoms with Crippen LogP contribution in [0.5, 0.6) is 5.75 Å². The summed E-state index contributed by atoms with van der Waals surface area (Å²) in [5.74, 6) is -0.496. The highest BCUT2D eigenvalue weighted by Gasteiger charge is 2.21. The highest BCUT2D eigenvalue weighted by molar-refractivity contribution is 6.31. The van der Waals surface area contributed by atoms with Crippen molar-refractivity contribution in [2.24, 2.45) is 0 Å². The van der Waals surface area contributed by atoms with Crippen molar-refractivity contribution >= 4 is 17.6 Å². The highest BCUT2D eigenvalue weighted by Crippen LogP contribution is 2.22. The number of hydrogen-bond donors (Lipinski definition) is 0. The Balaban J connectivity index is 1.97. The summed E-state index contributed by atoms with van der Waals surface area (Å²) in [5.41, 5.74) is 0.699. The molecule has 8 nitrogen and oxygen atoms in total. The molecular formula is C21H24ClN3O5. The normalized spacial score (nSPS) is 12.1. The van der Waals surface area contributed by atoms with Gasteiger partial charge in [-0.15, -0.1) is 0 Å².